The minimum atomic E-state index is -2.67. The van der Waals surface area contributed by atoms with E-state index in [1.54, 1.807) is 5.41 Å². The van der Waals surface area contributed by atoms with Gasteiger partial charge in [0.15, 0.2) is 0 Å². The SMILES string of the molecule is O=S1(c2ccccc2)=NC(N2CCCCC2)=NC(c2ccccc2)=C1. The fourth-order valence-corrected chi connectivity index (χ4v) is 4.89. The normalized spacial score (nSPS) is 23.4. The second-order valence-electron chi connectivity index (χ2n) is 6.30. The van der Waals surface area contributed by atoms with Gasteiger partial charge in [0.2, 0.25) is 5.96 Å². The molecule has 2 aliphatic rings. The molecule has 1 fully saturated rings. The molecule has 5 heteroatoms. The second-order valence-corrected chi connectivity index (χ2v) is 8.33. The molecule has 0 saturated carbocycles. The molecule has 25 heavy (non-hydrogen) atoms. The Morgan fingerprint density at radius 1 is 0.840 bits per heavy atom. The summed E-state index contributed by atoms with van der Waals surface area (Å²) in [5.74, 6) is 0.606. The van der Waals surface area contributed by atoms with E-state index in [2.05, 4.69) is 9.26 Å². The van der Waals surface area contributed by atoms with Crippen LogP contribution in [-0.4, -0.2) is 28.2 Å². The van der Waals surface area contributed by atoms with Crippen LogP contribution >= 0.6 is 0 Å². The summed E-state index contributed by atoms with van der Waals surface area (Å²) in [6, 6.07) is 19.4. The average Bonchev–Trinajstić information content (AvgIpc) is 2.70. The average molecular weight is 351 g/mol. The summed E-state index contributed by atoms with van der Waals surface area (Å²) < 4.78 is 18.3. The van der Waals surface area contributed by atoms with Crippen molar-refractivity contribution < 1.29 is 4.21 Å². The smallest absolute Gasteiger partial charge is 0.234 e. The van der Waals surface area contributed by atoms with Gasteiger partial charge in [-0.3, -0.25) is 0 Å². The highest BCUT2D eigenvalue weighted by molar-refractivity contribution is 7.97. The number of rotatable bonds is 2. The molecule has 2 aliphatic heterocycles. The lowest BCUT2D eigenvalue weighted by molar-refractivity contribution is 0.339. The topological polar surface area (TPSA) is 45.0 Å². The number of aliphatic imine (C=N–C) groups is 1. The molecule has 0 radical (unpaired) electrons. The Balaban J connectivity index is 1.85. The highest BCUT2D eigenvalue weighted by Gasteiger charge is 2.23. The number of hydrogen-bond acceptors (Lipinski definition) is 4. The first-order valence-electron chi connectivity index (χ1n) is 8.68. The molecule has 2 aromatic rings. The van der Waals surface area contributed by atoms with Crippen LogP contribution in [0.3, 0.4) is 0 Å². The van der Waals surface area contributed by atoms with E-state index in [1.807, 2.05) is 60.7 Å². The molecule has 0 aromatic heterocycles. The Hall–Kier alpha value is -2.40. The van der Waals surface area contributed by atoms with Gasteiger partial charge in [0.05, 0.1) is 10.6 Å². The van der Waals surface area contributed by atoms with Crippen LogP contribution in [0.15, 0.2) is 80.3 Å². The lowest BCUT2D eigenvalue weighted by atomic mass is 10.1. The van der Waals surface area contributed by atoms with Crippen LogP contribution in [0.4, 0.5) is 0 Å². The zero-order valence-electron chi connectivity index (χ0n) is 14.0. The lowest BCUT2D eigenvalue weighted by Crippen LogP contribution is -2.35. The number of likely N-dealkylation sites (tertiary alicyclic amines) is 1. The molecule has 0 aliphatic carbocycles. The molecule has 0 bridgehead atoms. The van der Waals surface area contributed by atoms with E-state index in [9.17, 15) is 4.21 Å². The van der Waals surface area contributed by atoms with E-state index in [1.165, 1.54) is 6.42 Å². The molecule has 128 valence electrons. The summed E-state index contributed by atoms with van der Waals surface area (Å²) in [7, 11) is -2.67. The molecule has 4 nitrogen and oxygen atoms in total. The lowest BCUT2D eigenvalue weighted by Gasteiger charge is -2.29. The molecule has 1 saturated heterocycles. The first-order valence-corrected chi connectivity index (χ1v) is 10.3. The van der Waals surface area contributed by atoms with Crippen molar-refractivity contribution in [3.05, 3.63) is 71.6 Å². The van der Waals surface area contributed by atoms with Gasteiger partial charge in [0.25, 0.3) is 0 Å². The molecule has 4 rings (SSSR count). The van der Waals surface area contributed by atoms with Crippen molar-refractivity contribution in [3.8, 4) is 0 Å². The predicted octanol–water partition coefficient (Wildman–Crippen LogP) is 4.37. The second kappa shape index (κ2) is 6.84. The maximum atomic E-state index is 13.7. The van der Waals surface area contributed by atoms with Crippen molar-refractivity contribution in [2.24, 2.45) is 9.36 Å². The molecule has 1 atom stereocenters. The Morgan fingerprint density at radius 2 is 1.48 bits per heavy atom. The van der Waals surface area contributed by atoms with Crippen molar-refractivity contribution in [2.75, 3.05) is 13.1 Å². The van der Waals surface area contributed by atoms with Crippen LogP contribution in [0.25, 0.3) is 5.70 Å². The van der Waals surface area contributed by atoms with Gasteiger partial charge in [-0.2, -0.15) is 4.36 Å². The van der Waals surface area contributed by atoms with E-state index in [0.29, 0.717) is 5.96 Å². The molecule has 1 unspecified atom stereocenters. The standard InChI is InChI=1S/C20H21N3OS/c24-25(18-12-6-2-7-13-18)16-19(17-10-4-1-5-11-17)21-20(22-25)23-14-8-3-9-15-23/h1-2,4-7,10-13,16H,3,8-9,14-15H2. The molecule has 0 amide bonds. The Labute approximate surface area is 149 Å². The Morgan fingerprint density at radius 3 is 2.16 bits per heavy atom. The molecular weight excluding hydrogens is 330 g/mol. The quantitative estimate of drug-likeness (QED) is 0.806. The molecule has 0 N–H and O–H groups in total. The van der Waals surface area contributed by atoms with Crippen LogP contribution < -0.4 is 0 Å². The van der Waals surface area contributed by atoms with Gasteiger partial charge in [-0.05, 0) is 31.4 Å². The summed E-state index contributed by atoms with van der Waals surface area (Å²) in [5.41, 5.74) is 1.71. The number of hydrogen-bond donors (Lipinski definition) is 0. The van der Waals surface area contributed by atoms with Crippen LogP contribution in [0.1, 0.15) is 24.8 Å². The molecular formula is C20H21N3OS. The third kappa shape index (κ3) is 3.37. The first-order chi connectivity index (χ1) is 12.2. The van der Waals surface area contributed by atoms with E-state index in [4.69, 9.17) is 4.99 Å². The summed E-state index contributed by atoms with van der Waals surface area (Å²) >= 11 is 0. The summed E-state index contributed by atoms with van der Waals surface area (Å²) in [6.07, 6.45) is 3.50. The van der Waals surface area contributed by atoms with Crippen LogP contribution in [-0.2, 0) is 9.73 Å². The summed E-state index contributed by atoms with van der Waals surface area (Å²) in [4.78, 5) is 7.65. The Kier molecular flexibility index (Phi) is 4.40. The van der Waals surface area contributed by atoms with Crippen molar-refractivity contribution in [3.63, 3.8) is 0 Å². The van der Waals surface area contributed by atoms with Gasteiger partial charge in [-0.15, -0.1) is 0 Å². The third-order valence-electron chi connectivity index (χ3n) is 4.50. The first kappa shape index (κ1) is 16.1. The van der Waals surface area contributed by atoms with Crippen LogP contribution in [0.5, 0.6) is 0 Å². The number of guanidine groups is 1. The fourth-order valence-electron chi connectivity index (χ4n) is 3.15. The van der Waals surface area contributed by atoms with Crippen LogP contribution in [0, 0.1) is 0 Å². The Bertz CT molecular complexity index is 920. The van der Waals surface area contributed by atoms with Crippen molar-refractivity contribution in [1.29, 1.82) is 0 Å². The van der Waals surface area contributed by atoms with Crippen molar-refractivity contribution in [2.45, 2.75) is 24.2 Å². The molecule has 2 heterocycles. The van der Waals surface area contributed by atoms with Crippen molar-refractivity contribution in [1.82, 2.24) is 4.90 Å². The summed E-state index contributed by atoms with van der Waals surface area (Å²) in [5, 5.41) is 1.73. The zero-order valence-corrected chi connectivity index (χ0v) is 14.9. The maximum absolute atomic E-state index is 13.7. The van der Waals surface area contributed by atoms with Crippen LogP contribution in [0.2, 0.25) is 0 Å². The van der Waals surface area contributed by atoms with Gasteiger partial charge < -0.3 is 4.90 Å². The van der Waals surface area contributed by atoms with Gasteiger partial charge in [0, 0.05) is 24.1 Å². The van der Waals surface area contributed by atoms with E-state index >= 15 is 0 Å². The summed E-state index contributed by atoms with van der Waals surface area (Å²) in [6.45, 7) is 1.85. The number of piperidine rings is 1. The largest absolute Gasteiger partial charge is 0.340 e. The van der Waals surface area contributed by atoms with Crippen molar-refractivity contribution >= 4 is 21.4 Å². The predicted molar refractivity (Wildman–Crippen MR) is 103 cm³/mol. The van der Waals surface area contributed by atoms with Gasteiger partial charge in [0.1, 0.15) is 9.73 Å². The molecule has 0 spiro atoms. The third-order valence-corrected chi connectivity index (χ3v) is 6.42. The minimum absolute atomic E-state index is 0.606. The highest BCUT2D eigenvalue weighted by atomic mass is 32.2. The fraction of sp³-hybridized carbons (Fsp3) is 0.250. The monoisotopic (exact) mass is 351 g/mol. The van der Waals surface area contributed by atoms with E-state index in [0.717, 1.165) is 42.1 Å². The number of benzene rings is 2. The molecule has 2 aromatic carbocycles. The van der Waals surface area contributed by atoms with Gasteiger partial charge >= 0.3 is 0 Å². The zero-order chi connectivity index (χ0) is 17.1. The van der Waals surface area contributed by atoms with E-state index in [-0.39, 0.29) is 0 Å². The van der Waals surface area contributed by atoms with E-state index < -0.39 is 9.73 Å². The van der Waals surface area contributed by atoms with Gasteiger partial charge in [-0.25, -0.2) is 9.20 Å². The minimum Gasteiger partial charge on any atom is -0.340 e. The van der Waals surface area contributed by atoms with Gasteiger partial charge in [-0.1, -0.05) is 48.5 Å². The highest BCUT2D eigenvalue weighted by Crippen LogP contribution is 2.28. The maximum Gasteiger partial charge on any atom is 0.234 e. The number of nitrogens with zero attached hydrogens (tertiary/aromatic N) is 3.